The average molecular weight is 406 g/mol. The standard InChI is InChI=1S/C22H41NO4.Na/c1-20(24)17-15-13-11-9-7-5-3-2-4-6-8-10-12-14-16-18-21(25)23-19-22(26)27;/h9,11,20,24H,2-8,10,12-19H2,1H3,(H,23,25)(H,26,27);/q;+1/p-1/b11-9-;. The first-order chi connectivity index (χ1) is 13.0. The molecule has 0 saturated heterocycles. The summed E-state index contributed by atoms with van der Waals surface area (Å²) in [7, 11) is 0. The van der Waals surface area contributed by atoms with Crippen molar-refractivity contribution in [1.82, 2.24) is 5.32 Å². The fourth-order valence-corrected chi connectivity index (χ4v) is 2.99. The minimum atomic E-state index is -1.25. The Morgan fingerprint density at radius 2 is 1.32 bits per heavy atom. The van der Waals surface area contributed by atoms with Gasteiger partial charge in [-0.05, 0) is 45.4 Å². The van der Waals surface area contributed by atoms with Gasteiger partial charge in [-0.25, -0.2) is 0 Å². The van der Waals surface area contributed by atoms with Crippen LogP contribution in [-0.4, -0.2) is 29.6 Å². The first-order valence-electron chi connectivity index (χ1n) is 10.8. The molecule has 0 aliphatic heterocycles. The Kier molecular flexibility index (Phi) is 24.4. The van der Waals surface area contributed by atoms with Gasteiger partial charge in [0.25, 0.3) is 0 Å². The SMILES string of the molecule is CC(O)CCC/C=C\CCCCCCCCCCCCC(=O)NCC(=O)[O-].[Na+]. The van der Waals surface area contributed by atoms with Crippen LogP contribution in [0.5, 0.6) is 0 Å². The number of hydrogen-bond acceptors (Lipinski definition) is 4. The van der Waals surface area contributed by atoms with E-state index in [0.717, 1.165) is 38.5 Å². The van der Waals surface area contributed by atoms with Crippen LogP contribution < -0.4 is 40.0 Å². The first kappa shape index (κ1) is 29.8. The van der Waals surface area contributed by atoms with E-state index >= 15 is 0 Å². The Morgan fingerprint density at radius 3 is 1.82 bits per heavy atom. The van der Waals surface area contributed by atoms with Crippen LogP contribution in [-0.2, 0) is 9.59 Å². The van der Waals surface area contributed by atoms with Crippen molar-refractivity contribution in [3.05, 3.63) is 12.2 Å². The summed E-state index contributed by atoms with van der Waals surface area (Å²) >= 11 is 0. The van der Waals surface area contributed by atoms with Gasteiger partial charge in [0, 0.05) is 6.42 Å². The monoisotopic (exact) mass is 405 g/mol. The van der Waals surface area contributed by atoms with Crippen molar-refractivity contribution in [2.24, 2.45) is 0 Å². The number of nitrogens with one attached hydrogen (secondary N) is 1. The van der Waals surface area contributed by atoms with Gasteiger partial charge < -0.3 is 20.3 Å². The predicted octanol–water partition coefficient (Wildman–Crippen LogP) is 0.645. The molecule has 0 heterocycles. The maximum atomic E-state index is 11.3. The van der Waals surface area contributed by atoms with Crippen molar-refractivity contribution >= 4 is 11.9 Å². The van der Waals surface area contributed by atoms with Crippen molar-refractivity contribution in [3.63, 3.8) is 0 Å². The van der Waals surface area contributed by atoms with Crippen LogP contribution in [0.1, 0.15) is 103 Å². The number of carboxylic acid groups (broad SMARTS) is 1. The minimum absolute atomic E-state index is 0. The molecule has 0 saturated carbocycles. The average Bonchev–Trinajstić information content (AvgIpc) is 2.62. The molecule has 158 valence electrons. The molecule has 0 rings (SSSR count). The number of carbonyl (C=O) groups excluding carboxylic acids is 2. The largest absolute Gasteiger partial charge is 1.00 e. The zero-order chi connectivity index (χ0) is 20.2. The molecular weight excluding hydrogens is 365 g/mol. The predicted molar refractivity (Wildman–Crippen MR) is 108 cm³/mol. The number of aliphatic hydroxyl groups is 1. The molecule has 28 heavy (non-hydrogen) atoms. The topological polar surface area (TPSA) is 89.5 Å². The molecular formula is C22H40NNaO4. The van der Waals surface area contributed by atoms with Crippen molar-refractivity contribution < 1.29 is 49.4 Å². The smallest absolute Gasteiger partial charge is 0.548 e. The molecule has 0 aromatic heterocycles. The second-order valence-electron chi connectivity index (χ2n) is 7.47. The third-order valence-corrected chi connectivity index (χ3v) is 4.61. The van der Waals surface area contributed by atoms with E-state index in [4.69, 9.17) is 5.11 Å². The van der Waals surface area contributed by atoms with Gasteiger partial charge in [0.1, 0.15) is 0 Å². The first-order valence-corrected chi connectivity index (χ1v) is 10.8. The fourth-order valence-electron chi connectivity index (χ4n) is 2.99. The van der Waals surface area contributed by atoms with E-state index in [1.807, 2.05) is 6.92 Å². The van der Waals surface area contributed by atoms with E-state index in [9.17, 15) is 14.7 Å². The zero-order valence-electron chi connectivity index (χ0n) is 18.2. The van der Waals surface area contributed by atoms with Gasteiger partial charge >= 0.3 is 29.6 Å². The molecule has 0 aromatic carbocycles. The summed E-state index contributed by atoms with van der Waals surface area (Å²) in [6, 6.07) is 0. The van der Waals surface area contributed by atoms with Crippen LogP contribution in [0.4, 0.5) is 0 Å². The van der Waals surface area contributed by atoms with Crippen LogP contribution in [0, 0.1) is 0 Å². The van der Waals surface area contributed by atoms with E-state index in [1.54, 1.807) is 0 Å². The van der Waals surface area contributed by atoms with E-state index in [1.165, 1.54) is 51.4 Å². The van der Waals surface area contributed by atoms with E-state index in [2.05, 4.69) is 17.5 Å². The molecule has 1 unspecified atom stereocenters. The number of carbonyl (C=O) groups is 2. The number of allylic oxidation sites excluding steroid dienone is 2. The summed E-state index contributed by atoms with van der Waals surface area (Å²) in [5, 5.41) is 21.7. The Balaban J connectivity index is 0. The molecule has 5 nitrogen and oxygen atoms in total. The molecule has 0 radical (unpaired) electrons. The van der Waals surface area contributed by atoms with E-state index in [0.29, 0.717) is 6.42 Å². The Morgan fingerprint density at radius 1 is 0.857 bits per heavy atom. The summed E-state index contributed by atoms with van der Waals surface area (Å²) in [6.07, 6.45) is 20.9. The zero-order valence-corrected chi connectivity index (χ0v) is 20.2. The van der Waals surface area contributed by atoms with Crippen molar-refractivity contribution in [2.75, 3.05) is 6.54 Å². The van der Waals surface area contributed by atoms with Gasteiger partial charge in [-0.1, -0.05) is 63.5 Å². The third-order valence-electron chi connectivity index (χ3n) is 4.61. The second-order valence-corrected chi connectivity index (χ2v) is 7.47. The van der Waals surface area contributed by atoms with Gasteiger partial charge in [0.15, 0.2) is 0 Å². The number of unbranched alkanes of at least 4 members (excludes halogenated alkanes) is 11. The van der Waals surface area contributed by atoms with Gasteiger partial charge in [0.05, 0.1) is 18.6 Å². The Bertz CT molecular complexity index is 400. The molecule has 0 aliphatic rings. The van der Waals surface area contributed by atoms with Gasteiger partial charge in [-0.3, -0.25) is 4.79 Å². The third kappa shape index (κ3) is 25.6. The molecule has 0 spiro atoms. The Labute approximate surface area is 194 Å². The minimum Gasteiger partial charge on any atom is -0.548 e. The van der Waals surface area contributed by atoms with Gasteiger partial charge in [-0.15, -0.1) is 0 Å². The second kappa shape index (κ2) is 22.9. The number of aliphatic carboxylic acids is 1. The summed E-state index contributed by atoms with van der Waals surface area (Å²) in [6.45, 7) is 1.45. The van der Waals surface area contributed by atoms with Crippen LogP contribution in [0.2, 0.25) is 0 Å². The van der Waals surface area contributed by atoms with E-state index in [-0.39, 0.29) is 48.1 Å². The van der Waals surface area contributed by atoms with Gasteiger partial charge in [-0.2, -0.15) is 0 Å². The number of amides is 1. The number of hydrogen-bond donors (Lipinski definition) is 2. The summed E-state index contributed by atoms with van der Waals surface area (Å²) in [5.41, 5.74) is 0. The molecule has 1 amide bonds. The maximum absolute atomic E-state index is 11.3. The molecule has 0 aromatic rings. The molecule has 1 atom stereocenters. The molecule has 0 aliphatic carbocycles. The Hall–Kier alpha value is -0.360. The van der Waals surface area contributed by atoms with Crippen LogP contribution in [0.3, 0.4) is 0 Å². The van der Waals surface area contributed by atoms with Crippen molar-refractivity contribution in [2.45, 2.75) is 109 Å². The molecule has 0 bridgehead atoms. The molecule has 2 N–H and O–H groups in total. The molecule has 6 heteroatoms. The summed E-state index contributed by atoms with van der Waals surface area (Å²) in [5.74, 6) is -1.45. The maximum Gasteiger partial charge on any atom is 1.00 e. The van der Waals surface area contributed by atoms with E-state index < -0.39 is 5.97 Å². The van der Waals surface area contributed by atoms with Crippen molar-refractivity contribution in [1.29, 1.82) is 0 Å². The molecule has 0 fully saturated rings. The van der Waals surface area contributed by atoms with Crippen molar-refractivity contribution in [3.8, 4) is 0 Å². The van der Waals surface area contributed by atoms with Gasteiger partial charge in [0.2, 0.25) is 5.91 Å². The normalized spacial score (nSPS) is 11.9. The quantitative estimate of drug-likeness (QED) is 0.188. The fraction of sp³-hybridized carbons (Fsp3) is 0.818. The van der Waals surface area contributed by atoms with Crippen LogP contribution in [0.15, 0.2) is 12.2 Å². The number of carboxylic acids is 1. The summed E-state index contributed by atoms with van der Waals surface area (Å²) in [4.78, 5) is 21.5. The van der Waals surface area contributed by atoms with Crippen LogP contribution in [0.25, 0.3) is 0 Å². The number of aliphatic hydroxyl groups excluding tert-OH is 1. The summed E-state index contributed by atoms with van der Waals surface area (Å²) < 4.78 is 0. The van der Waals surface area contributed by atoms with Crippen LogP contribution >= 0.6 is 0 Å². The number of rotatable bonds is 19.